The molecular formula is C17H18ClNO2. The number of halogens is 1. The fourth-order valence-electron chi connectivity index (χ4n) is 2.12. The predicted molar refractivity (Wildman–Crippen MR) is 86.3 cm³/mol. The third-order valence-electron chi connectivity index (χ3n) is 3.31. The Morgan fingerprint density at radius 1 is 1.24 bits per heavy atom. The summed E-state index contributed by atoms with van der Waals surface area (Å²) in [7, 11) is 0. The quantitative estimate of drug-likeness (QED) is 0.861. The van der Waals surface area contributed by atoms with Crippen molar-refractivity contribution in [2.45, 2.75) is 26.7 Å². The number of hydrogen-bond donors (Lipinski definition) is 2. The molecule has 2 rings (SSSR count). The molecule has 110 valence electrons. The minimum Gasteiger partial charge on any atom is -0.507 e. The Morgan fingerprint density at radius 3 is 2.57 bits per heavy atom. The number of anilines is 1. The minimum absolute atomic E-state index is 0.0215. The van der Waals surface area contributed by atoms with Gasteiger partial charge in [0.2, 0.25) is 0 Å². The second-order valence-electron chi connectivity index (χ2n) is 5.34. The zero-order chi connectivity index (χ0) is 15.6. The molecule has 4 heteroatoms. The van der Waals surface area contributed by atoms with Gasteiger partial charge >= 0.3 is 0 Å². The third-order valence-corrected chi connectivity index (χ3v) is 3.62. The molecule has 0 fully saturated rings. The number of nitrogens with one attached hydrogen (secondary N) is 1. The number of carbonyl (C=O) groups excluding carboxylic acids is 1. The standard InChI is InChI=1S/C17H18ClNO2/c1-10(2)12-5-4-6-13(16(12)20)17(21)19-15-8-7-11(3)9-14(15)18/h4-10,20H,1-3H3,(H,19,21). The highest BCUT2D eigenvalue weighted by atomic mass is 35.5. The number of para-hydroxylation sites is 1. The van der Waals surface area contributed by atoms with E-state index in [-0.39, 0.29) is 23.1 Å². The van der Waals surface area contributed by atoms with Crippen molar-refractivity contribution < 1.29 is 9.90 Å². The van der Waals surface area contributed by atoms with Gasteiger partial charge in [0.15, 0.2) is 0 Å². The molecule has 0 saturated heterocycles. The monoisotopic (exact) mass is 303 g/mol. The highest BCUT2D eigenvalue weighted by molar-refractivity contribution is 6.34. The maximum Gasteiger partial charge on any atom is 0.259 e. The van der Waals surface area contributed by atoms with E-state index in [1.165, 1.54) is 0 Å². The number of phenols is 1. The maximum atomic E-state index is 12.3. The highest BCUT2D eigenvalue weighted by Crippen LogP contribution is 2.30. The van der Waals surface area contributed by atoms with Crippen LogP contribution in [0.25, 0.3) is 0 Å². The van der Waals surface area contributed by atoms with Gasteiger partial charge in [-0.25, -0.2) is 0 Å². The van der Waals surface area contributed by atoms with Gasteiger partial charge in [-0.05, 0) is 42.2 Å². The van der Waals surface area contributed by atoms with Crippen LogP contribution in [0.2, 0.25) is 5.02 Å². The van der Waals surface area contributed by atoms with Gasteiger partial charge in [0, 0.05) is 0 Å². The van der Waals surface area contributed by atoms with Crippen LogP contribution in [0.15, 0.2) is 36.4 Å². The molecule has 0 saturated carbocycles. The SMILES string of the molecule is Cc1ccc(NC(=O)c2cccc(C(C)C)c2O)c(Cl)c1. The van der Waals surface area contributed by atoms with Gasteiger partial charge in [-0.2, -0.15) is 0 Å². The topological polar surface area (TPSA) is 49.3 Å². The van der Waals surface area contributed by atoms with Crippen molar-refractivity contribution in [3.05, 3.63) is 58.1 Å². The van der Waals surface area contributed by atoms with E-state index in [4.69, 9.17) is 11.6 Å². The Hall–Kier alpha value is -2.00. The molecule has 3 nitrogen and oxygen atoms in total. The van der Waals surface area contributed by atoms with Gasteiger partial charge in [0.25, 0.3) is 5.91 Å². The normalized spacial score (nSPS) is 10.7. The molecular weight excluding hydrogens is 286 g/mol. The summed E-state index contributed by atoms with van der Waals surface area (Å²) in [5, 5.41) is 13.4. The fraction of sp³-hybridized carbons (Fsp3) is 0.235. The first kappa shape index (κ1) is 15.4. The Bertz CT molecular complexity index is 680. The second-order valence-corrected chi connectivity index (χ2v) is 5.74. The zero-order valence-corrected chi connectivity index (χ0v) is 13.0. The van der Waals surface area contributed by atoms with E-state index < -0.39 is 0 Å². The molecule has 2 aromatic carbocycles. The summed E-state index contributed by atoms with van der Waals surface area (Å²) in [5.41, 5.74) is 2.54. The summed E-state index contributed by atoms with van der Waals surface area (Å²) in [6, 6.07) is 10.6. The van der Waals surface area contributed by atoms with E-state index in [0.717, 1.165) is 11.1 Å². The summed E-state index contributed by atoms with van der Waals surface area (Å²) in [4.78, 5) is 12.3. The van der Waals surface area contributed by atoms with E-state index in [2.05, 4.69) is 5.32 Å². The van der Waals surface area contributed by atoms with Crippen LogP contribution in [0.4, 0.5) is 5.69 Å². The third kappa shape index (κ3) is 3.37. The van der Waals surface area contributed by atoms with Gasteiger partial charge in [-0.3, -0.25) is 4.79 Å². The molecule has 0 radical (unpaired) electrons. The van der Waals surface area contributed by atoms with E-state index in [9.17, 15) is 9.90 Å². The van der Waals surface area contributed by atoms with E-state index in [0.29, 0.717) is 10.7 Å². The molecule has 0 aliphatic carbocycles. The van der Waals surface area contributed by atoms with Gasteiger partial charge in [0.1, 0.15) is 5.75 Å². The second kappa shape index (κ2) is 6.19. The average Bonchev–Trinajstić information content (AvgIpc) is 2.41. The first-order valence-corrected chi connectivity index (χ1v) is 7.17. The van der Waals surface area contributed by atoms with Crippen molar-refractivity contribution in [2.75, 3.05) is 5.32 Å². The van der Waals surface area contributed by atoms with E-state index in [1.807, 2.05) is 32.9 Å². The van der Waals surface area contributed by atoms with Crippen molar-refractivity contribution in [2.24, 2.45) is 0 Å². The maximum absolute atomic E-state index is 12.3. The first-order valence-electron chi connectivity index (χ1n) is 6.79. The number of benzene rings is 2. The molecule has 0 atom stereocenters. The van der Waals surface area contributed by atoms with Gasteiger partial charge in [-0.1, -0.05) is 43.6 Å². The molecule has 0 aliphatic rings. The zero-order valence-electron chi connectivity index (χ0n) is 12.3. The average molecular weight is 304 g/mol. The van der Waals surface area contributed by atoms with Crippen molar-refractivity contribution in [1.29, 1.82) is 0 Å². The van der Waals surface area contributed by atoms with Gasteiger partial charge in [-0.15, -0.1) is 0 Å². The number of aryl methyl sites for hydroxylation is 1. The summed E-state index contributed by atoms with van der Waals surface area (Å²) in [6.45, 7) is 5.86. The number of rotatable bonds is 3. The summed E-state index contributed by atoms with van der Waals surface area (Å²) >= 11 is 6.11. The Morgan fingerprint density at radius 2 is 1.95 bits per heavy atom. The molecule has 0 aliphatic heterocycles. The molecule has 1 amide bonds. The Labute approximate surface area is 129 Å². The van der Waals surface area contributed by atoms with Gasteiger partial charge < -0.3 is 10.4 Å². The summed E-state index contributed by atoms with van der Waals surface area (Å²) in [5.74, 6) is -0.213. The molecule has 0 spiro atoms. The van der Waals surface area contributed by atoms with Crippen LogP contribution in [-0.2, 0) is 0 Å². The highest BCUT2D eigenvalue weighted by Gasteiger charge is 2.16. The van der Waals surface area contributed by atoms with E-state index in [1.54, 1.807) is 24.3 Å². The molecule has 21 heavy (non-hydrogen) atoms. The van der Waals surface area contributed by atoms with E-state index >= 15 is 0 Å². The van der Waals surface area contributed by atoms with Crippen molar-refractivity contribution >= 4 is 23.2 Å². The molecule has 0 heterocycles. The number of carbonyl (C=O) groups is 1. The van der Waals surface area contributed by atoms with Crippen molar-refractivity contribution in [1.82, 2.24) is 0 Å². The van der Waals surface area contributed by atoms with Crippen LogP contribution in [0.1, 0.15) is 41.3 Å². The smallest absolute Gasteiger partial charge is 0.259 e. The molecule has 2 aromatic rings. The summed E-state index contributed by atoms with van der Waals surface area (Å²) < 4.78 is 0. The lowest BCUT2D eigenvalue weighted by Gasteiger charge is -2.13. The summed E-state index contributed by atoms with van der Waals surface area (Å²) in [6.07, 6.45) is 0. The number of hydrogen-bond acceptors (Lipinski definition) is 2. The largest absolute Gasteiger partial charge is 0.507 e. The number of aromatic hydroxyl groups is 1. The lowest BCUT2D eigenvalue weighted by molar-refractivity contribution is 0.102. The molecule has 0 unspecified atom stereocenters. The van der Waals surface area contributed by atoms with Crippen LogP contribution in [0, 0.1) is 6.92 Å². The van der Waals surface area contributed by atoms with Crippen LogP contribution in [-0.4, -0.2) is 11.0 Å². The lowest BCUT2D eigenvalue weighted by Crippen LogP contribution is -2.13. The Balaban J connectivity index is 2.31. The fourth-order valence-corrected chi connectivity index (χ4v) is 2.40. The number of phenolic OH excluding ortho intramolecular Hbond substituents is 1. The predicted octanol–water partition coefficient (Wildman–Crippen LogP) is 4.73. The minimum atomic E-state index is -0.374. The first-order chi connectivity index (χ1) is 9.90. The van der Waals surface area contributed by atoms with Crippen molar-refractivity contribution in [3.63, 3.8) is 0 Å². The van der Waals surface area contributed by atoms with Crippen LogP contribution in [0.5, 0.6) is 5.75 Å². The molecule has 0 aromatic heterocycles. The molecule has 0 bridgehead atoms. The molecule has 2 N–H and O–H groups in total. The van der Waals surface area contributed by atoms with Crippen molar-refractivity contribution in [3.8, 4) is 5.75 Å². The lowest BCUT2D eigenvalue weighted by atomic mass is 9.99. The number of amides is 1. The van der Waals surface area contributed by atoms with Crippen LogP contribution >= 0.6 is 11.6 Å². The van der Waals surface area contributed by atoms with Crippen LogP contribution < -0.4 is 5.32 Å². The van der Waals surface area contributed by atoms with Gasteiger partial charge in [0.05, 0.1) is 16.3 Å². The Kier molecular flexibility index (Phi) is 4.53. The van der Waals surface area contributed by atoms with Crippen LogP contribution in [0.3, 0.4) is 0 Å².